The monoisotopic (exact) mass is 310 g/mol. The summed E-state index contributed by atoms with van der Waals surface area (Å²) in [5, 5.41) is 2.97. The van der Waals surface area contributed by atoms with Crippen LogP contribution < -0.4 is 5.32 Å². The molecule has 1 aliphatic rings. The number of piperazine rings is 1. The van der Waals surface area contributed by atoms with Crippen LogP contribution in [0, 0.1) is 0 Å². The van der Waals surface area contributed by atoms with Crippen molar-refractivity contribution in [3.05, 3.63) is 66.0 Å². The van der Waals surface area contributed by atoms with Gasteiger partial charge in [0.05, 0.1) is 0 Å². The van der Waals surface area contributed by atoms with Crippen LogP contribution in [0.5, 0.6) is 0 Å². The van der Waals surface area contributed by atoms with E-state index < -0.39 is 0 Å². The zero-order valence-electron chi connectivity index (χ0n) is 13.2. The SMILES string of the molecule is O=C(NCc1ccncc1)N1CCN(Cc2ccccc2)CC1. The number of benzene rings is 1. The Kier molecular flexibility index (Phi) is 5.21. The lowest BCUT2D eigenvalue weighted by atomic mass is 10.2. The van der Waals surface area contributed by atoms with Gasteiger partial charge in [0.15, 0.2) is 0 Å². The van der Waals surface area contributed by atoms with Gasteiger partial charge in [0.1, 0.15) is 0 Å². The first-order valence-electron chi connectivity index (χ1n) is 7.99. The molecular formula is C18H22N4O. The van der Waals surface area contributed by atoms with Crippen molar-refractivity contribution in [3.63, 3.8) is 0 Å². The van der Waals surface area contributed by atoms with Crippen molar-refractivity contribution in [3.8, 4) is 0 Å². The van der Waals surface area contributed by atoms with Crippen molar-refractivity contribution in [2.24, 2.45) is 0 Å². The van der Waals surface area contributed by atoms with Crippen molar-refractivity contribution >= 4 is 6.03 Å². The third-order valence-electron chi connectivity index (χ3n) is 4.10. The minimum absolute atomic E-state index is 0.0150. The number of pyridine rings is 1. The van der Waals surface area contributed by atoms with E-state index in [9.17, 15) is 4.79 Å². The summed E-state index contributed by atoms with van der Waals surface area (Å²) in [7, 11) is 0. The fourth-order valence-electron chi connectivity index (χ4n) is 2.74. The number of nitrogens with one attached hydrogen (secondary N) is 1. The zero-order valence-corrected chi connectivity index (χ0v) is 13.2. The molecule has 0 bridgehead atoms. The predicted molar refractivity (Wildman–Crippen MR) is 89.8 cm³/mol. The molecule has 0 atom stereocenters. The number of aromatic nitrogens is 1. The van der Waals surface area contributed by atoms with E-state index in [0.29, 0.717) is 6.54 Å². The van der Waals surface area contributed by atoms with Crippen LogP contribution in [0.4, 0.5) is 4.79 Å². The van der Waals surface area contributed by atoms with E-state index in [1.165, 1.54) is 5.56 Å². The molecule has 2 amide bonds. The Balaban J connectivity index is 1.42. The number of amides is 2. The summed E-state index contributed by atoms with van der Waals surface area (Å²) in [6.07, 6.45) is 3.48. The lowest BCUT2D eigenvalue weighted by Crippen LogP contribution is -2.51. The molecule has 1 fully saturated rings. The van der Waals surface area contributed by atoms with Gasteiger partial charge in [-0.1, -0.05) is 30.3 Å². The highest BCUT2D eigenvalue weighted by Crippen LogP contribution is 2.08. The Morgan fingerprint density at radius 2 is 1.65 bits per heavy atom. The predicted octanol–water partition coefficient (Wildman–Crippen LogP) is 2.11. The molecule has 23 heavy (non-hydrogen) atoms. The first kappa shape index (κ1) is 15.5. The highest BCUT2D eigenvalue weighted by Gasteiger charge is 2.20. The van der Waals surface area contributed by atoms with Crippen LogP contribution in [-0.2, 0) is 13.1 Å². The van der Waals surface area contributed by atoms with Crippen molar-refractivity contribution in [2.75, 3.05) is 26.2 Å². The minimum atomic E-state index is 0.0150. The molecule has 1 aliphatic heterocycles. The Morgan fingerprint density at radius 1 is 0.957 bits per heavy atom. The lowest BCUT2D eigenvalue weighted by Gasteiger charge is -2.34. The molecule has 5 heteroatoms. The zero-order chi connectivity index (χ0) is 15.9. The number of urea groups is 1. The van der Waals surface area contributed by atoms with Crippen LogP contribution >= 0.6 is 0 Å². The molecule has 0 aliphatic carbocycles. The Hall–Kier alpha value is -2.40. The summed E-state index contributed by atoms with van der Waals surface area (Å²) in [6.45, 7) is 4.87. The highest BCUT2D eigenvalue weighted by molar-refractivity contribution is 5.74. The van der Waals surface area contributed by atoms with E-state index in [4.69, 9.17) is 0 Å². The van der Waals surface area contributed by atoms with Crippen LogP contribution in [0.15, 0.2) is 54.9 Å². The van der Waals surface area contributed by atoms with Gasteiger partial charge in [-0.05, 0) is 23.3 Å². The number of rotatable bonds is 4. The molecule has 120 valence electrons. The van der Waals surface area contributed by atoms with Crippen molar-refractivity contribution in [2.45, 2.75) is 13.1 Å². The largest absolute Gasteiger partial charge is 0.334 e. The van der Waals surface area contributed by atoms with Crippen molar-refractivity contribution in [1.82, 2.24) is 20.1 Å². The highest BCUT2D eigenvalue weighted by atomic mass is 16.2. The van der Waals surface area contributed by atoms with E-state index in [-0.39, 0.29) is 6.03 Å². The fourth-order valence-corrected chi connectivity index (χ4v) is 2.74. The minimum Gasteiger partial charge on any atom is -0.334 e. The second kappa shape index (κ2) is 7.74. The molecule has 0 saturated carbocycles. The summed E-state index contributed by atoms with van der Waals surface area (Å²) < 4.78 is 0. The van der Waals surface area contributed by atoms with Crippen LogP contribution in [0.2, 0.25) is 0 Å². The Bertz CT molecular complexity index is 609. The normalized spacial score (nSPS) is 15.4. The van der Waals surface area contributed by atoms with Gasteiger partial charge in [-0.25, -0.2) is 4.79 Å². The Morgan fingerprint density at radius 3 is 2.35 bits per heavy atom. The quantitative estimate of drug-likeness (QED) is 0.941. The van der Waals surface area contributed by atoms with Crippen LogP contribution in [0.3, 0.4) is 0 Å². The molecule has 2 heterocycles. The third-order valence-corrected chi connectivity index (χ3v) is 4.10. The van der Waals surface area contributed by atoms with Gasteiger partial charge in [-0.3, -0.25) is 9.88 Å². The van der Waals surface area contributed by atoms with E-state index in [2.05, 4.69) is 39.5 Å². The van der Waals surface area contributed by atoms with Gasteiger partial charge < -0.3 is 10.2 Å². The lowest BCUT2D eigenvalue weighted by molar-refractivity contribution is 0.135. The van der Waals surface area contributed by atoms with E-state index in [1.54, 1.807) is 12.4 Å². The van der Waals surface area contributed by atoms with Crippen molar-refractivity contribution < 1.29 is 4.79 Å². The molecule has 1 aromatic carbocycles. The summed E-state index contributed by atoms with van der Waals surface area (Å²) in [4.78, 5) is 20.5. The number of carbonyl (C=O) groups excluding carboxylic acids is 1. The standard InChI is InChI=1S/C18H22N4O/c23-18(20-14-16-6-8-19-9-7-16)22-12-10-21(11-13-22)15-17-4-2-1-3-5-17/h1-9H,10-15H2,(H,20,23). The van der Waals surface area contributed by atoms with Gasteiger partial charge in [0, 0.05) is 51.7 Å². The second-order valence-electron chi connectivity index (χ2n) is 5.76. The van der Waals surface area contributed by atoms with Crippen LogP contribution in [0.25, 0.3) is 0 Å². The molecule has 1 saturated heterocycles. The first-order chi connectivity index (χ1) is 11.3. The molecule has 5 nitrogen and oxygen atoms in total. The molecule has 0 unspecified atom stereocenters. The van der Waals surface area contributed by atoms with E-state index in [0.717, 1.165) is 38.3 Å². The average molecular weight is 310 g/mol. The number of nitrogens with zero attached hydrogens (tertiary/aromatic N) is 3. The van der Waals surface area contributed by atoms with Gasteiger partial charge in [-0.2, -0.15) is 0 Å². The van der Waals surface area contributed by atoms with Gasteiger partial charge in [0.25, 0.3) is 0 Å². The smallest absolute Gasteiger partial charge is 0.317 e. The third kappa shape index (κ3) is 4.53. The molecular weight excluding hydrogens is 288 g/mol. The summed E-state index contributed by atoms with van der Waals surface area (Å²) in [5.74, 6) is 0. The molecule has 0 radical (unpaired) electrons. The van der Waals surface area contributed by atoms with Gasteiger partial charge >= 0.3 is 6.03 Å². The van der Waals surface area contributed by atoms with Gasteiger partial charge in [0.2, 0.25) is 0 Å². The molecule has 0 spiro atoms. The molecule has 2 aromatic rings. The summed E-state index contributed by atoms with van der Waals surface area (Å²) in [5.41, 5.74) is 2.39. The van der Waals surface area contributed by atoms with E-state index in [1.807, 2.05) is 23.1 Å². The number of carbonyl (C=O) groups is 1. The summed E-state index contributed by atoms with van der Waals surface area (Å²) >= 11 is 0. The molecule has 1 N–H and O–H groups in total. The van der Waals surface area contributed by atoms with E-state index >= 15 is 0 Å². The maximum absolute atomic E-state index is 12.2. The maximum Gasteiger partial charge on any atom is 0.317 e. The van der Waals surface area contributed by atoms with Crippen LogP contribution in [0.1, 0.15) is 11.1 Å². The molecule has 1 aromatic heterocycles. The first-order valence-corrected chi connectivity index (χ1v) is 7.99. The van der Waals surface area contributed by atoms with Crippen LogP contribution in [-0.4, -0.2) is 47.0 Å². The fraction of sp³-hybridized carbons (Fsp3) is 0.333. The summed E-state index contributed by atoms with van der Waals surface area (Å²) in [6, 6.07) is 14.3. The average Bonchev–Trinajstić information content (AvgIpc) is 2.62. The number of hydrogen-bond acceptors (Lipinski definition) is 3. The number of hydrogen-bond donors (Lipinski definition) is 1. The van der Waals surface area contributed by atoms with Crippen molar-refractivity contribution in [1.29, 1.82) is 0 Å². The second-order valence-corrected chi connectivity index (χ2v) is 5.76. The van der Waals surface area contributed by atoms with Gasteiger partial charge in [-0.15, -0.1) is 0 Å². The maximum atomic E-state index is 12.2. The Labute approximate surface area is 136 Å². The topological polar surface area (TPSA) is 48.5 Å². The molecule has 3 rings (SSSR count).